The minimum absolute atomic E-state index is 0.0487. The third kappa shape index (κ3) is 2.84. The first-order chi connectivity index (χ1) is 13.8. The largest absolute Gasteiger partial charge is 0.465 e. The number of aromatic amines is 1. The van der Waals surface area contributed by atoms with Crippen molar-refractivity contribution in [2.75, 3.05) is 12.4 Å². The number of nitrogens with one attached hydrogen (secondary N) is 2. The molecular formula is C19H12F3N3O4. The molecule has 1 aliphatic heterocycles. The fourth-order valence-electron chi connectivity index (χ4n) is 3.57. The van der Waals surface area contributed by atoms with E-state index in [2.05, 4.69) is 20.2 Å². The highest BCUT2D eigenvalue weighted by Crippen LogP contribution is 2.47. The molecule has 2 heterocycles. The number of anilines is 1. The summed E-state index contributed by atoms with van der Waals surface area (Å²) in [6.45, 7) is 0. The molecule has 1 amide bonds. The molecule has 148 valence electrons. The van der Waals surface area contributed by atoms with Crippen molar-refractivity contribution in [3.8, 4) is 0 Å². The van der Waals surface area contributed by atoms with Crippen LogP contribution in [0.5, 0.6) is 0 Å². The lowest BCUT2D eigenvalue weighted by molar-refractivity contribution is -0.136. The number of amides is 1. The van der Waals surface area contributed by atoms with Crippen LogP contribution in [0.2, 0.25) is 0 Å². The van der Waals surface area contributed by atoms with Crippen molar-refractivity contribution < 1.29 is 27.5 Å². The molecule has 2 N–H and O–H groups in total. The van der Waals surface area contributed by atoms with E-state index >= 15 is 0 Å². The minimum atomic E-state index is -4.66. The van der Waals surface area contributed by atoms with E-state index in [1.165, 1.54) is 37.4 Å². The van der Waals surface area contributed by atoms with E-state index in [0.717, 1.165) is 6.07 Å². The number of aromatic nitrogens is 1. The fourth-order valence-corrected chi connectivity index (χ4v) is 3.57. The zero-order valence-electron chi connectivity index (χ0n) is 14.8. The summed E-state index contributed by atoms with van der Waals surface area (Å²) in [5.41, 5.74) is -0.785. The molecule has 1 aliphatic rings. The lowest BCUT2D eigenvalue weighted by atomic mass is 9.94. The summed E-state index contributed by atoms with van der Waals surface area (Å²) in [6, 6.07) is 7.74. The van der Waals surface area contributed by atoms with Crippen LogP contribution in [0.25, 0.3) is 10.9 Å². The molecular weight excluding hydrogens is 391 g/mol. The average Bonchev–Trinajstić information content (AvgIpc) is 3.21. The molecule has 0 saturated heterocycles. The standard InChI is InChI=1S/C19H12F3N3O4/c1-29-18(27)8-5-6-9-12(7-8)23-16(15(9)25-28)13-10-3-2-4-11(19(20,21)22)14(10)24-17(13)26/h2-7,13,23H,1H3,(H,24,26). The van der Waals surface area contributed by atoms with Gasteiger partial charge in [0.05, 0.1) is 29.6 Å². The minimum Gasteiger partial charge on any atom is -0.465 e. The first-order valence-electron chi connectivity index (χ1n) is 8.34. The number of nitroso groups, excluding NO2 is 1. The van der Waals surface area contributed by atoms with Crippen molar-refractivity contribution >= 4 is 34.2 Å². The van der Waals surface area contributed by atoms with Gasteiger partial charge in [-0.3, -0.25) is 4.79 Å². The van der Waals surface area contributed by atoms with Gasteiger partial charge >= 0.3 is 12.1 Å². The smallest absolute Gasteiger partial charge is 0.418 e. The maximum Gasteiger partial charge on any atom is 0.418 e. The molecule has 7 nitrogen and oxygen atoms in total. The highest BCUT2D eigenvalue weighted by Gasteiger charge is 2.42. The van der Waals surface area contributed by atoms with E-state index in [1.54, 1.807) is 0 Å². The number of hydrogen-bond acceptors (Lipinski definition) is 5. The first-order valence-corrected chi connectivity index (χ1v) is 8.34. The Kier molecular flexibility index (Phi) is 4.14. The first kappa shape index (κ1) is 18.7. The van der Waals surface area contributed by atoms with E-state index in [9.17, 15) is 27.7 Å². The van der Waals surface area contributed by atoms with Crippen LogP contribution in [0.3, 0.4) is 0 Å². The molecule has 2 aromatic carbocycles. The summed E-state index contributed by atoms with van der Waals surface area (Å²) in [4.78, 5) is 38.7. The number of para-hydroxylation sites is 1. The second-order valence-corrected chi connectivity index (χ2v) is 6.42. The summed E-state index contributed by atoms with van der Waals surface area (Å²) in [5.74, 6) is -2.52. The number of rotatable bonds is 3. The number of halogens is 3. The van der Waals surface area contributed by atoms with Gasteiger partial charge in [-0.25, -0.2) is 4.79 Å². The van der Waals surface area contributed by atoms with Crippen LogP contribution in [0.4, 0.5) is 24.5 Å². The molecule has 29 heavy (non-hydrogen) atoms. The molecule has 1 unspecified atom stereocenters. The Bertz CT molecular complexity index is 1180. The monoisotopic (exact) mass is 403 g/mol. The number of carbonyl (C=O) groups is 2. The molecule has 0 spiro atoms. The fraction of sp³-hybridized carbons (Fsp3) is 0.158. The highest BCUT2D eigenvalue weighted by molar-refractivity contribution is 6.08. The van der Waals surface area contributed by atoms with Crippen molar-refractivity contribution in [1.82, 2.24) is 4.98 Å². The van der Waals surface area contributed by atoms with E-state index < -0.39 is 29.5 Å². The maximum absolute atomic E-state index is 13.3. The van der Waals surface area contributed by atoms with E-state index in [1.807, 2.05) is 0 Å². The number of carbonyl (C=O) groups excluding carboxylic acids is 2. The molecule has 1 aromatic heterocycles. The summed E-state index contributed by atoms with van der Waals surface area (Å²) in [7, 11) is 1.21. The van der Waals surface area contributed by atoms with Crippen LogP contribution in [0.15, 0.2) is 41.6 Å². The predicted octanol–water partition coefficient (Wildman–Crippen LogP) is 4.46. The zero-order valence-corrected chi connectivity index (χ0v) is 14.8. The molecule has 1 atom stereocenters. The molecule has 0 saturated carbocycles. The number of ether oxygens (including phenoxy) is 1. The number of hydrogen-bond donors (Lipinski definition) is 2. The summed E-state index contributed by atoms with van der Waals surface area (Å²) >= 11 is 0. The van der Waals surface area contributed by atoms with Crippen LogP contribution >= 0.6 is 0 Å². The van der Waals surface area contributed by atoms with Gasteiger partial charge in [-0.2, -0.15) is 13.2 Å². The molecule has 3 aromatic rings. The number of fused-ring (bicyclic) bond motifs is 2. The van der Waals surface area contributed by atoms with E-state index in [0.29, 0.717) is 10.9 Å². The molecule has 4 rings (SSSR count). The zero-order chi connectivity index (χ0) is 20.9. The topological polar surface area (TPSA) is 101 Å². The molecule has 10 heteroatoms. The SMILES string of the molecule is COC(=O)c1ccc2c(N=O)c(C3C(=O)Nc4c3cccc4C(F)(F)F)[nH]c2c1. The number of H-pyrrole nitrogens is 1. The van der Waals surface area contributed by atoms with Crippen molar-refractivity contribution in [3.05, 3.63) is 63.7 Å². The van der Waals surface area contributed by atoms with Crippen LogP contribution in [0.1, 0.15) is 33.1 Å². The van der Waals surface area contributed by atoms with Crippen molar-refractivity contribution in [2.24, 2.45) is 5.18 Å². The second-order valence-electron chi connectivity index (χ2n) is 6.42. The van der Waals surface area contributed by atoms with Gasteiger partial charge in [0.15, 0.2) is 0 Å². The van der Waals surface area contributed by atoms with Crippen LogP contribution in [-0.4, -0.2) is 24.0 Å². The quantitative estimate of drug-likeness (QED) is 0.498. The van der Waals surface area contributed by atoms with Crippen molar-refractivity contribution in [1.29, 1.82) is 0 Å². The summed E-state index contributed by atoms with van der Waals surface area (Å²) in [6.07, 6.45) is -4.66. The average molecular weight is 403 g/mol. The number of alkyl halides is 3. The van der Waals surface area contributed by atoms with Crippen molar-refractivity contribution in [3.63, 3.8) is 0 Å². The maximum atomic E-state index is 13.3. The molecule has 0 fully saturated rings. The Balaban J connectivity index is 1.91. The van der Waals surface area contributed by atoms with Crippen LogP contribution < -0.4 is 5.32 Å². The van der Waals surface area contributed by atoms with Crippen LogP contribution in [0, 0.1) is 4.91 Å². The molecule has 0 radical (unpaired) electrons. The Morgan fingerprint density at radius 2 is 1.97 bits per heavy atom. The van der Waals surface area contributed by atoms with Gasteiger partial charge in [0.25, 0.3) is 0 Å². The number of esters is 1. The van der Waals surface area contributed by atoms with E-state index in [-0.39, 0.29) is 28.2 Å². The normalized spacial score (nSPS) is 15.9. The summed E-state index contributed by atoms with van der Waals surface area (Å²) < 4.78 is 44.5. The third-order valence-corrected chi connectivity index (χ3v) is 4.82. The van der Waals surface area contributed by atoms with Gasteiger partial charge in [0.1, 0.15) is 11.6 Å². The lowest BCUT2D eigenvalue weighted by Gasteiger charge is -2.12. The molecule has 0 aliphatic carbocycles. The Morgan fingerprint density at radius 1 is 1.21 bits per heavy atom. The van der Waals surface area contributed by atoms with Gasteiger partial charge in [0, 0.05) is 10.9 Å². The van der Waals surface area contributed by atoms with Gasteiger partial charge in [-0.15, -0.1) is 4.91 Å². The Hall–Kier alpha value is -3.69. The van der Waals surface area contributed by atoms with Crippen LogP contribution in [-0.2, 0) is 15.7 Å². The number of nitrogens with zero attached hydrogens (tertiary/aromatic N) is 1. The summed E-state index contributed by atoms with van der Waals surface area (Å²) in [5, 5.41) is 5.57. The van der Waals surface area contributed by atoms with Gasteiger partial charge in [-0.1, -0.05) is 12.1 Å². The third-order valence-electron chi connectivity index (χ3n) is 4.82. The highest BCUT2D eigenvalue weighted by atomic mass is 19.4. The van der Waals surface area contributed by atoms with Gasteiger partial charge in [-0.05, 0) is 35.0 Å². The Labute approximate surface area is 160 Å². The molecule has 0 bridgehead atoms. The predicted molar refractivity (Wildman–Crippen MR) is 97.0 cm³/mol. The van der Waals surface area contributed by atoms with Gasteiger partial charge in [0.2, 0.25) is 5.91 Å². The van der Waals surface area contributed by atoms with Crippen molar-refractivity contribution in [2.45, 2.75) is 12.1 Å². The number of benzene rings is 2. The number of methoxy groups -OCH3 is 1. The lowest BCUT2D eigenvalue weighted by Crippen LogP contribution is -2.14. The van der Waals surface area contributed by atoms with Gasteiger partial charge < -0.3 is 15.0 Å². The van der Waals surface area contributed by atoms with E-state index in [4.69, 9.17) is 0 Å². The second kappa shape index (κ2) is 6.43. The Morgan fingerprint density at radius 3 is 2.62 bits per heavy atom.